The summed E-state index contributed by atoms with van der Waals surface area (Å²) in [6.07, 6.45) is 1.53. The molecule has 0 saturated carbocycles. The topological polar surface area (TPSA) is 90.9 Å². The summed E-state index contributed by atoms with van der Waals surface area (Å²) in [7, 11) is -1.83. The highest BCUT2D eigenvalue weighted by Gasteiger charge is 2.39. The number of rotatable bonds is 4. The molecular weight excluding hydrogens is 328 g/mol. The summed E-state index contributed by atoms with van der Waals surface area (Å²) in [5.74, 6) is 0.309. The summed E-state index contributed by atoms with van der Waals surface area (Å²) in [6, 6.07) is 6.57. The lowest BCUT2D eigenvalue weighted by molar-refractivity contribution is -0.124. The van der Waals surface area contributed by atoms with Crippen molar-refractivity contribution in [1.82, 2.24) is 15.5 Å². The van der Waals surface area contributed by atoms with Crippen LogP contribution >= 0.6 is 0 Å². The maximum atomic E-state index is 12.5. The van der Waals surface area contributed by atoms with Crippen LogP contribution < -0.4 is 10.6 Å². The first-order valence-corrected chi connectivity index (χ1v) is 9.54. The number of amides is 1. The summed E-state index contributed by atoms with van der Waals surface area (Å²) in [4.78, 5) is 14.6. The monoisotopic (exact) mass is 350 g/mol. The third kappa shape index (κ3) is 3.03. The maximum absolute atomic E-state index is 12.5. The molecular formula is C16H22N4O3S. The van der Waals surface area contributed by atoms with Crippen molar-refractivity contribution in [3.63, 3.8) is 0 Å². The van der Waals surface area contributed by atoms with Crippen molar-refractivity contribution in [2.24, 2.45) is 4.40 Å². The van der Waals surface area contributed by atoms with E-state index in [1.54, 1.807) is 24.3 Å². The van der Waals surface area contributed by atoms with Gasteiger partial charge in [-0.25, -0.2) is 0 Å². The Bertz CT molecular complexity index is 775. The molecule has 1 aromatic rings. The Labute approximate surface area is 142 Å². The fraction of sp³-hybridized carbons (Fsp3) is 0.500. The normalized spacial score (nSPS) is 22.8. The standard InChI is InChI=1S/C16H22N4O3S/c1-11(17-2)10-18-16(21)13-7-5-9-20(13)15-12-6-3-4-8-14(12)24(22,23)19-15/h3-4,6,8,11,13,17H,5,7,9-10H2,1-2H3,(H,18,21). The summed E-state index contributed by atoms with van der Waals surface area (Å²) in [5.41, 5.74) is 0.584. The van der Waals surface area contributed by atoms with Crippen LogP contribution in [0.5, 0.6) is 0 Å². The van der Waals surface area contributed by atoms with Gasteiger partial charge < -0.3 is 15.5 Å². The van der Waals surface area contributed by atoms with Crippen LogP contribution in [-0.4, -0.2) is 57.3 Å². The minimum absolute atomic E-state index is 0.0842. The van der Waals surface area contributed by atoms with E-state index in [1.165, 1.54) is 0 Å². The Morgan fingerprint density at radius 1 is 1.42 bits per heavy atom. The van der Waals surface area contributed by atoms with Gasteiger partial charge in [0.1, 0.15) is 10.9 Å². The third-order valence-electron chi connectivity index (χ3n) is 4.52. The van der Waals surface area contributed by atoms with E-state index < -0.39 is 10.0 Å². The van der Waals surface area contributed by atoms with Gasteiger partial charge in [-0.2, -0.15) is 8.42 Å². The van der Waals surface area contributed by atoms with E-state index in [1.807, 2.05) is 18.9 Å². The molecule has 0 aromatic heterocycles. The first-order chi connectivity index (χ1) is 11.4. The van der Waals surface area contributed by atoms with E-state index in [9.17, 15) is 13.2 Å². The second-order valence-electron chi connectivity index (χ2n) is 6.17. The highest BCUT2D eigenvalue weighted by molar-refractivity contribution is 7.90. The molecule has 24 heavy (non-hydrogen) atoms. The van der Waals surface area contributed by atoms with Gasteiger partial charge in [0.25, 0.3) is 10.0 Å². The van der Waals surface area contributed by atoms with Crippen LogP contribution in [0.2, 0.25) is 0 Å². The molecule has 3 rings (SSSR count). The molecule has 0 radical (unpaired) electrons. The molecule has 130 valence electrons. The predicted octanol–water partition coefficient (Wildman–Crippen LogP) is 0.324. The SMILES string of the molecule is CNC(C)CNC(=O)C1CCCN1C1=NS(=O)(=O)c2ccccc21. The van der Waals surface area contributed by atoms with E-state index in [4.69, 9.17) is 0 Å². The van der Waals surface area contributed by atoms with E-state index in [0.717, 1.165) is 6.42 Å². The van der Waals surface area contributed by atoms with Gasteiger partial charge in [-0.05, 0) is 38.9 Å². The summed E-state index contributed by atoms with van der Waals surface area (Å²) >= 11 is 0. The van der Waals surface area contributed by atoms with E-state index in [0.29, 0.717) is 30.9 Å². The number of likely N-dealkylation sites (tertiary alicyclic amines) is 1. The average molecular weight is 350 g/mol. The smallest absolute Gasteiger partial charge is 0.285 e. The second kappa shape index (κ2) is 6.52. The zero-order valence-electron chi connectivity index (χ0n) is 13.8. The molecule has 1 amide bonds. The van der Waals surface area contributed by atoms with Crippen LogP contribution in [0.3, 0.4) is 0 Å². The molecule has 1 aromatic carbocycles. The van der Waals surface area contributed by atoms with Gasteiger partial charge in [0, 0.05) is 24.7 Å². The van der Waals surface area contributed by atoms with Crippen LogP contribution in [0, 0.1) is 0 Å². The minimum atomic E-state index is -3.67. The Morgan fingerprint density at radius 2 is 2.17 bits per heavy atom. The molecule has 8 heteroatoms. The number of hydrogen-bond acceptors (Lipinski definition) is 5. The van der Waals surface area contributed by atoms with Gasteiger partial charge in [-0.3, -0.25) is 4.79 Å². The molecule has 0 bridgehead atoms. The first kappa shape index (κ1) is 16.9. The van der Waals surface area contributed by atoms with E-state index in [2.05, 4.69) is 15.0 Å². The molecule has 2 aliphatic heterocycles. The van der Waals surface area contributed by atoms with Crippen molar-refractivity contribution < 1.29 is 13.2 Å². The number of nitrogens with zero attached hydrogens (tertiary/aromatic N) is 2. The lowest BCUT2D eigenvalue weighted by Gasteiger charge is -2.26. The van der Waals surface area contributed by atoms with Crippen molar-refractivity contribution in [2.75, 3.05) is 20.1 Å². The molecule has 0 aliphatic carbocycles. The predicted molar refractivity (Wildman–Crippen MR) is 91.4 cm³/mol. The fourth-order valence-corrected chi connectivity index (χ4v) is 4.28. The van der Waals surface area contributed by atoms with Crippen LogP contribution in [0.15, 0.2) is 33.6 Å². The lowest BCUT2D eigenvalue weighted by atomic mass is 10.1. The largest absolute Gasteiger partial charge is 0.353 e. The van der Waals surface area contributed by atoms with Crippen molar-refractivity contribution in [3.8, 4) is 0 Å². The zero-order valence-corrected chi connectivity index (χ0v) is 14.6. The Hall–Kier alpha value is -1.93. The molecule has 1 saturated heterocycles. The van der Waals surface area contributed by atoms with Crippen LogP contribution in [0.1, 0.15) is 25.3 Å². The Kier molecular flexibility index (Phi) is 4.60. The number of carbonyl (C=O) groups excluding carboxylic acids is 1. The first-order valence-electron chi connectivity index (χ1n) is 8.10. The van der Waals surface area contributed by atoms with Gasteiger partial charge in [-0.15, -0.1) is 4.40 Å². The molecule has 2 unspecified atom stereocenters. The summed E-state index contributed by atoms with van der Waals surface area (Å²) in [5, 5.41) is 6.00. The maximum Gasteiger partial charge on any atom is 0.285 e. The lowest BCUT2D eigenvalue weighted by Crippen LogP contribution is -2.48. The Balaban J connectivity index is 1.83. The number of nitrogens with one attached hydrogen (secondary N) is 2. The molecule has 2 N–H and O–H groups in total. The number of likely N-dealkylation sites (N-methyl/N-ethyl adjacent to an activating group) is 1. The number of fused-ring (bicyclic) bond motifs is 1. The molecule has 1 fully saturated rings. The van der Waals surface area contributed by atoms with Crippen molar-refractivity contribution in [1.29, 1.82) is 0 Å². The van der Waals surface area contributed by atoms with Gasteiger partial charge in [0.15, 0.2) is 5.84 Å². The molecule has 2 heterocycles. The van der Waals surface area contributed by atoms with Crippen LogP contribution in [0.4, 0.5) is 0 Å². The average Bonchev–Trinajstić information content (AvgIpc) is 3.15. The zero-order chi connectivity index (χ0) is 17.3. The van der Waals surface area contributed by atoms with Gasteiger partial charge in [0.05, 0.1) is 0 Å². The van der Waals surface area contributed by atoms with Gasteiger partial charge in [-0.1, -0.05) is 12.1 Å². The molecule has 2 aliphatic rings. The number of benzene rings is 1. The third-order valence-corrected chi connectivity index (χ3v) is 5.84. The number of sulfonamides is 1. The molecule has 7 nitrogen and oxygen atoms in total. The van der Waals surface area contributed by atoms with E-state index in [-0.39, 0.29) is 22.9 Å². The fourth-order valence-electron chi connectivity index (χ4n) is 3.06. The molecule has 0 spiro atoms. The summed E-state index contributed by atoms with van der Waals surface area (Å²) < 4.78 is 28.4. The number of amidine groups is 1. The summed E-state index contributed by atoms with van der Waals surface area (Å²) in [6.45, 7) is 3.14. The number of carbonyl (C=O) groups is 1. The van der Waals surface area contributed by atoms with Crippen molar-refractivity contribution in [3.05, 3.63) is 29.8 Å². The quantitative estimate of drug-likeness (QED) is 0.816. The minimum Gasteiger partial charge on any atom is -0.353 e. The number of hydrogen-bond donors (Lipinski definition) is 2. The molecule has 2 atom stereocenters. The Morgan fingerprint density at radius 3 is 2.92 bits per heavy atom. The van der Waals surface area contributed by atoms with Crippen molar-refractivity contribution >= 4 is 21.8 Å². The second-order valence-corrected chi connectivity index (χ2v) is 7.74. The van der Waals surface area contributed by atoms with E-state index >= 15 is 0 Å². The highest BCUT2D eigenvalue weighted by atomic mass is 32.2. The van der Waals surface area contributed by atoms with Crippen LogP contribution in [0.25, 0.3) is 0 Å². The highest BCUT2D eigenvalue weighted by Crippen LogP contribution is 2.31. The van der Waals surface area contributed by atoms with Crippen molar-refractivity contribution in [2.45, 2.75) is 36.7 Å². The van der Waals surface area contributed by atoms with Gasteiger partial charge >= 0.3 is 0 Å². The van der Waals surface area contributed by atoms with Gasteiger partial charge in [0.2, 0.25) is 5.91 Å². The van der Waals surface area contributed by atoms with Crippen LogP contribution in [-0.2, 0) is 14.8 Å².